The van der Waals surface area contributed by atoms with Gasteiger partial charge in [0, 0.05) is 17.7 Å². The van der Waals surface area contributed by atoms with Crippen LogP contribution in [0.3, 0.4) is 0 Å². The Morgan fingerprint density at radius 3 is 2.85 bits per heavy atom. The van der Waals surface area contributed by atoms with Crippen molar-refractivity contribution in [3.63, 3.8) is 0 Å². The summed E-state index contributed by atoms with van der Waals surface area (Å²) in [4.78, 5) is 22.2. The zero-order chi connectivity index (χ0) is 15.1. The lowest BCUT2D eigenvalue weighted by Crippen LogP contribution is -2.33. The molecule has 110 valence electrons. The molecule has 1 rings (SSSR count). The third-order valence-corrected chi connectivity index (χ3v) is 3.93. The van der Waals surface area contributed by atoms with E-state index in [1.165, 1.54) is 18.2 Å². The molecule has 1 N–H and O–H groups in total. The number of nitro groups is 1. The van der Waals surface area contributed by atoms with Crippen LogP contribution < -0.4 is 5.32 Å². The molecule has 1 aromatic carbocycles. The first kappa shape index (κ1) is 16.8. The van der Waals surface area contributed by atoms with E-state index in [9.17, 15) is 14.9 Å². The molecule has 7 heteroatoms. The fraction of sp³-hybridized carbons (Fsp3) is 0.462. The summed E-state index contributed by atoms with van der Waals surface area (Å²) in [6, 6.07) is 4.08. The highest BCUT2D eigenvalue weighted by molar-refractivity contribution is 7.99. The lowest BCUT2D eigenvalue weighted by molar-refractivity contribution is -0.384. The molecule has 0 fully saturated rings. The predicted molar refractivity (Wildman–Crippen MR) is 82.7 cm³/mol. The van der Waals surface area contributed by atoms with Gasteiger partial charge >= 0.3 is 0 Å². The van der Waals surface area contributed by atoms with Gasteiger partial charge in [0.25, 0.3) is 11.6 Å². The van der Waals surface area contributed by atoms with Gasteiger partial charge in [-0.15, -0.1) is 0 Å². The Labute approximate surface area is 127 Å². The number of thioether (sulfide) groups is 1. The summed E-state index contributed by atoms with van der Waals surface area (Å²) in [5.41, 5.74) is -0.00963. The van der Waals surface area contributed by atoms with E-state index in [1.807, 2.05) is 18.7 Å². The van der Waals surface area contributed by atoms with E-state index in [4.69, 9.17) is 11.6 Å². The second kappa shape index (κ2) is 8.11. The summed E-state index contributed by atoms with van der Waals surface area (Å²) in [5.74, 6) is 1.70. The van der Waals surface area contributed by atoms with Crippen LogP contribution in [0.25, 0.3) is 0 Å². The molecule has 0 aromatic heterocycles. The molecule has 1 unspecified atom stereocenters. The molecule has 0 spiro atoms. The van der Waals surface area contributed by atoms with Crippen molar-refractivity contribution in [3.8, 4) is 0 Å². The maximum absolute atomic E-state index is 12.0. The van der Waals surface area contributed by atoms with Gasteiger partial charge in [0.1, 0.15) is 5.02 Å². The van der Waals surface area contributed by atoms with Gasteiger partial charge in [-0.2, -0.15) is 11.8 Å². The van der Waals surface area contributed by atoms with E-state index in [1.54, 1.807) is 0 Å². The van der Waals surface area contributed by atoms with E-state index in [0.29, 0.717) is 0 Å². The van der Waals surface area contributed by atoms with Crippen molar-refractivity contribution in [3.05, 3.63) is 38.9 Å². The van der Waals surface area contributed by atoms with E-state index >= 15 is 0 Å². The van der Waals surface area contributed by atoms with Crippen molar-refractivity contribution < 1.29 is 9.72 Å². The van der Waals surface area contributed by atoms with Crippen LogP contribution in [-0.4, -0.2) is 28.4 Å². The van der Waals surface area contributed by atoms with Crippen LogP contribution in [0.15, 0.2) is 18.2 Å². The number of rotatable bonds is 7. The van der Waals surface area contributed by atoms with Gasteiger partial charge < -0.3 is 5.32 Å². The van der Waals surface area contributed by atoms with E-state index in [-0.39, 0.29) is 28.2 Å². The van der Waals surface area contributed by atoms with Gasteiger partial charge in [0.2, 0.25) is 0 Å². The number of hydrogen-bond acceptors (Lipinski definition) is 4. The standard InChI is InChI=1S/C13H17ClN2O3S/c1-3-20-7-6-9(2)15-13(17)10-4-5-11(14)12(8-10)16(18)19/h4-5,8-9H,3,6-7H2,1-2H3,(H,15,17). The molecule has 1 amide bonds. The van der Waals surface area contributed by atoms with Crippen molar-refractivity contribution in [2.75, 3.05) is 11.5 Å². The molecule has 1 aromatic rings. The molecular weight excluding hydrogens is 300 g/mol. The van der Waals surface area contributed by atoms with Crippen molar-refractivity contribution in [1.29, 1.82) is 0 Å². The third-order valence-electron chi connectivity index (χ3n) is 2.68. The van der Waals surface area contributed by atoms with Gasteiger partial charge in [0.15, 0.2) is 0 Å². The Hall–Kier alpha value is -1.27. The summed E-state index contributed by atoms with van der Waals surface area (Å²) in [7, 11) is 0. The number of carbonyl (C=O) groups is 1. The number of benzene rings is 1. The SMILES string of the molecule is CCSCCC(C)NC(=O)c1ccc(Cl)c([N+](=O)[O-])c1. The average molecular weight is 317 g/mol. The molecule has 5 nitrogen and oxygen atoms in total. The summed E-state index contributed by atoms with van der Waals surface area (Å²) in [6.45, 7) is 4.00. The third kappa shape index (κ3) is 5.02. The molecule has 0 radical (unpaired) electrons. The van der Waals surface area contributed by atoms with Crippen molar-refractivity contribution in [2.24, 2.45) is 0 Å². The van der Waals surface area contributed by atoms with Crippen LogP contribution >= 0.6 is 23.4 Å². The quantitative estimate of drug-likeness (QED) is 0.474. The second-order valence-electron chi connectivity index (χ2n) is 4.28. The summed E-state index contributed by atoms with van der Waals surface area (Å²) >= 11 is 7.52. The molecule has 0 aliphatic carbocycles. The summed E-state index contributed by atoms with van der Waals surface area (Å²) in [5, 5.41) is 13.6. The number of carbonyl (C=O) groups excluding carboxylic acids is 1. The number of nitrogens with zero attached hydrogens (tertiary/aromatic N) is 1. The van der Waals surface area contributed by atoms with Crippen LogP contribution in [0, 0.1) is 10.1 Å². The van der Waals surface area contributed by atoms with Crippen LogP contribution in [0.5, 0.6) is 0 Å². The van der Waals surface area contributed by atoms with Gasteiger partial charge in [0.05, 0.1) is 4.92 Å². The first-order chi connectivity index (χ1) is 9.45. The summed E-state index contributed by atoms with van der Waals surface area (Å²) in [6.07, 6.45) is 0.861. The summed E-state index contributed by atoms with van der Waals surface area (Å²) < 4.78 is 0. The molecule has 0 aliphatic heterocycles. The van der Waals surface area contributed by atoms with E-state index in [0.717, 1.165) is 17.9 Å². The van der Waals surface area contributed by atoms with Gasteiger partial charge in [-0.3, -0.25) is 14.9 Å². The maximum atomic E-state index is 12.0. The first-order valence-electron chi connectivity index (χ1n) is 6.28. The van der Waals surface area contributed by atoms with Crippen molar-refractivity contribution in [2.45, 2.75) is 26.3 Å². The normalized spacial score (nSPS) is 11.9. The zero-order valence-electron chi connectivity index (χ0n) is 11.4. The van der Waals surface area contributed by atoms with Gasteiger partial charge in [-0.05, 0) is 37.0 Å². The largest absolute Gasteiger partial charge is 0.350 e. The van der Waals surface area contributed by atoms with E-state index in [2.05, 4.69) is 12.2 Å². The van der Waals surface area contributed by atoms with Crippen LogP contribution in [0.2, 0.25) is 5.02 Å². The Kier molecular flexibility index (Phi) is 6.81. The van der Waals surface area contributed by atoms with Crippen LogP contribution in [0.4, 0.5) is 5.69 Å². The molecule has 1 atom stereocenters. The molecular formula is C13H17ClN2O3S. The van der Waals surface area contributed by atoms with Crippen LogP contribution in [0.1, 0.15) is 30.6 Å². The van der Waals surface area contributed by atoms with Gasteiger partial charge in [-0.25, -0.2) is 0 Å². The minimum Gasteiger partial charge on any atom is -0.350 e. The number of halogens is 1. The average Bonchev–Trinajstić information content (AvgIpc) is 2.39. The minimum absolute atomic E-state index is 0.0243. The lowest BCUT2D eigenvalue weighted by Gasteiger charge is -2.13. The first-order valence-corrected chi connectivity index (χ1v) is 7.81. The van der Waals surface area contributed by atoms with E-state index < -0.39 is 4.92 Å². The highest BCUT2D eigenvalue weighted by atomic mass is 35.5. The minimum atomic E-state index is -0.597. The Balaban J connectivity index is 2.68. The van der Waals surface area contributed by atoms with Crippen LogP contribution in [-0.2, 0) is 0 Å². The van der Waals surface area contributed by atoms with Crippen molar-refractivity contribution >= 4 is 35.0 Å². The smallest absolute Gasteiger partial charge is 0.288 e. The Bertz CT molecular complexity index is 497. The Morgan fingerprint density at radius 1 is 1.55 bits per heavy atom. The monoisotopic (exact) mass is 316 g/mol. The number of amides is 1. The number of hydrogen-bond donors (Lipinski definition) is 1. The predicted octanol–water partition coefficient (Wildman–Crippen LogP) is 3.51. The molecule has 20 heavy (non-hydrogen) atoms. The lowest BCUT2D eigenvalue weighted by atomic mass is 10.1. The molecule has 0 heterocycles. The molecule has 0 saturated carbocycles. The number of nitro benzene ring substituents is 1. The van der Waals surface area contributed by atoms with Gasteiger partial charge in [-0.1, -0.05) is 18.5 Å². The maximum Gasteiger partial charge on any atom is 0.288 e. The molecule has 0 aliphatic rings. The fourth-order valence-corrected chi connectivity index (χ4v) is 2.57. The molecule has 0 bridgehead atoms. The van der Waals surface area contributed by atoms with Crippen molar-refractivity contribution in [1.82, 2.24) is 5.32 Å². The fourth-order valence-electron chi connectivity index (χ4n) is 1.58. The Morgan fingerprint density at radius 2 is 2.25 bits per heavy atom. The zero-order valence-corrected chi connectivity index (χ0v) is 13.0. The number of nitrogens with one attached hydrogen (secondary N) is 1. The highest BCUT2D eigenvalue weighted by Crippen LogP contribution is 2.25. The topological polar surface area (TPSA) is 72.2 Å². The highest BCUT2D eigenvalue weighted by Gasteiger charge is 2.17. The second-order valence-corrected chi connectivity index (χ2v) is 6.08. The molecule has 0 saturated heterocycles.